The maximum Gasteiger partial charge on any atom is 0.257 e. The van der Waals surface area contributed by atoms with Crippen molar-refractivity contribution in [2.75, 3.05) is 21.2 Å². The van der Waals surface area contributed by atoms with E-state index in [1.54, 1.807) is 12.1 Å². The zero-order valence-electron chi connectivity index (χ0n) is 13.9. The van der Waals surface area contributed by atoms with Crippen LogP contribution in [-0.2, 0) is 16.4 Å². The topological polar surface area (TPSA) is 106 Å². The lowest BCUT2D eigenvalue weighted by molar-refractivity contribution is 0.401. The number of sulfonamides is 1. The Morgan fingerprint density at radius 3 is 2.62 bits per heavy atom. The highest BCUT2D eigenvalue weighted by Crippen LogP contribution is 2.29. The van der Waals surface area contributed by atoms with Crippen LogP contribution in [0.25, 0.3) is 11.5 Å². The summed E-state index contributed by atoms with van der Waals surface area (Å²) in [4.78, 5) is 4.32. The first kappa shape index (κ1) is 20.4. The number of halogens is 1. The van der Waals surface area contributed by atoms with E-state index in [1.165, 1.54) is 20.2 Å². The van der Waals surface area contributed by atoms with Crippen molar-refractivity contribution >= 4 is 22.4 Å². The molecule has 0 aliphatic carbocycles. The lowest BCUT2D eigenvalue weighted by Crippen LogP contribution is -2.24. The number of hydrogen-bond acceptors (Lipinski definition) is 7. The number of likely N-dealkylation sites (N-methyl/N-ethyl adjacent to an activating group) is 1. The molecule has 0 fully saturated rings. The van der Waals surface area contributed by atoms with Gasteiger partial charge in [-0.25, -0.2) is 13.1 Å². The summed E-state index contributed by atoms with van der Waals surface area (Å²) in [6.07, 6.45) is 0.609. The molecule has 134 valence electrons. The van der Waals surface area contributed by atoms with E-state index in [2.05, 4.69) is 20.2 Å². The molecule has 0 bridgehead atoms. The Labute approximate surface area is 147 Å². The number of rotatable bonds is 7. The predicted molar refractivity (Wildman–Crippen MR) is 92.0 cm³/mol. The molecule has 0 saturated heterocycles. The molecule has 1 aromatic carbocycles. The average Bonchev–Trinajstić information content (AvgIpc) is 3.02. The second-order valence-electron chi connectivity index (χ2n) is 4.98. The van der Waals surface area contributed by atoms with Gasteiger partial charge in [0.25, 0.3) is 5.89 Å². The van der Waals surface area contributed by atoms with Crippen LogP contribution < -0.4 is 14.8 Å². The van der Waals surface area contributed by atoms with E-state index in [9.17, 15) is 8.42 Å². The van der Waals surface area contributed by atoms with Crippen LogP contribution >= 0.6 is 12.4 Å². The number of aromatic nitrogens is 2. The first-order chi connectivity index (χ1) is 10.9. The summed E-state index contributed by atoms with van der Waals surface area (Å²) >= 11 is 0. The number of ether oxygens (including phenoxy) is 1. The third-order valence-electron chi connectivity index (χ3n) is 3.42. The molecule has 0 aliphatic rings. The molecule has 1 atom stereocenters. The molecule has 0 saturated carbocycles. The van der Waals surface area contributed by atoms with Crippen molar-refractivity contribution in [3.05, 3.63) is 24.0 Å². The van der Waals surface area contributed by atoms with E-state index in [1.807, 2.05) is 14.0 Å². The summed E-state index contributed by atoms with van der Waals surface area (Å²) in [5.41, 5.74) is 0.510. The van der Waals surface area contributed by atoms with Gasteiger partial charge in [-0.3, -0.25) is 0 Å². The fourth-order valence-corrected chi connectivity index (χ4v) is 2.88. The maximum atomic E-state index is 12.1. The van der Waals surface area contributed by atoms with Crippen molar-refractivity contribution in [2.45, 2.75) is 24.3 Å². The van der Waals surface area contributed by atoms with Gasteiger partial charge in [0, 0.05) is 18.0 Å². The number of benzene rings is 1. The first-order valence-corrected chi connectivity index (χ1v) is 8.51. The SMILES string of the molecule is CNC(C)Cc1noc(-c2ccc(OC)c(S(=O)(=O)NC)c2)n1.Cl. The summed E-state index contributed by atoms with van der Waals surface area (Å²) in [5, 5.41) is 7.00. The molecule has 0 spiro atoms. The Kier molecular flexibility index (Phi) is 7.15. The summed E-state index contributed by atoms with van der Waals surface area (Å²) in [7, 11) is 0.938. The van der Waals surface area contributed by atoms with Crippen LogP contribution in [0.5, 0.6) is 5.75 Å². The molecule has 8 nitrogen and oxygen atoms in total. The normalized spacial score (nSPS) is 12.5. The van der Waals surface area contributed by atoms with Crippen LogP contribution in [0.3, 0.4) is 0 Å². The quantitative estimate of drug-likeness (QED) is 0.748. The molecule has 24 heavy (non-hydrogen) atoms. The largest absolute Gasteiger partial charge is 0.495 e. The fourth-order valence-electron chi connectivity index (χ4n) is 1.96. The predicted octanol–water partition coefficient (Wildman–Crippen LogP) is 1.23. The molecule has 0 aliphatic heterocycles. The van der Waals surface area contributed by atoms with Crippen molar-refractivity contribution in [1.29, 1.82) is 0 Å². The van der Waals surface area contributed by atoms with E-state index in [0.717, 1.165) is 0 Å². The Morgan fingerprint density at radius 1 is 1.33 bits per heavy atom. The standard InChI is InChI=1S/C14H20N4O4S.ClH/c1-9(15-2)7-13-17-14(22-18-13)10-5-6-11(21-4)12(8-10)23(19,20)16-3;/h5-6,8-9,15-16H,7H2,1-4H3;1H. The second-order valence-corrected chi connectivity index (χ2v) is 6.84. The van der Waals surface area contributed by atoms with E-state index in [-0.39, 0.29) is 35.0 Å². The number of nitrogens with one attached hydrogen (secondary N) is 2. The summed E-state index contributed by atoms with van der Waals surface area (Å²) in [6.45, 7) is 2.00. The van der Waals surface area contributed by atoms with Crippen molar-refractivity contribution in [3.63, 3.8) is 0 Å². The summed E-state index contributed by atoms with van der Waals surface area (Å²) in [6, 6.07) is 4.88. The van der Waals surface area contributed by atoms with E-state index < -0.39 is 10.0 Å². The van der Waals surface area contributed by atoms with Crippen molar-refractivity contribution < 1.29 is 17.7 Å². The molecule has 1 unspecified atom stereocenters. The summed E-state index contributed by atoms with van der Waals surface area (Å²) in [5.74, 6) is 1.06. The zero-order chi connectivity index (χ0) is 17.0. The number of methoxy groups -OCH3 is 1. The molecule has 0 amide bonds. The molecular formula is C14H21ClN4O4S. The minimum absolute atomic E-state index is 0. The van der Waals surface area contributed by atoms with Gasteiger partial charge in [-0.1, -0.05) is 5.16 Å². The van der Waals surface area contributed by atoms with Crippen molar-refractivity contribution in [1.82, 2.24) is 20.2 Å². The van der Waals surface area contributed by atoms with Gasteiger partial charge in [0.05, 0.1) is 7.11 Å². The Balaban J connectivity index is 0.00000288. The fraction of sp³-hybridized carbons (Fsp3) is 0.429. The lowest BCUT2D eigenvalue weighted by Gasteiger charge is -2.09. The highest BCUT2D eigenvalue weighted by Gasteiger charge is 2.20. The number of nitrogens with zero attached hydrogens (tertiary/aromatic N) is 2. The second kappa shape index (κ2) is 8.43. The minimum atomic E-state index is -3.66. The minimum Gasteiger partial charge on any atom is -0.495 e. The Morgan fingerprint density at radius 2 is 2.04 bits per heavy atom. The van der Waals surface area contributed by atoms with Gasteiger partial charge in [0.2, 0.25) is 10.0 Å². The first-order valence-electron chi connectivity index (χ1n) is 7.03. The maximum absolute atomic E-state index is 12.1. The number of hydrogen-bond donors (Lipinski definition) is 2. The van der Waals surface area contributed by atoms with Gasteiger partial charge in [0.15, 0.2) is 5.82 Å². The Hall–Kier alpha value is -1.68. The van der Waals surface area contributed by atoms with E-state index in [4.69, 9.17) is 9.26 Å². The molecule has 2 N–H and O–H groups in total. The smallest absolute Gasteiger partial charge is 0.257 e. The van der Waals surface area contributed by atoms with Gasteiger partial charge in [-0.2, -0.15) is 4.98 Å². The lowest BCUT2D eigenvalue weighted by atomic mass is 10.2. The van der Waals surface area contributed by atoms with Gasteiger partial charge in [-0.05, 0) is 39.2 Å². The third kappa shape index (κ3) is 4.44. The molecular weight excluding hydrogens is 356 g/mol. The molecule has 10 heteroatoms. The molecule has 2 aromatic rings. The van der Waals surface area contributed by atoms with Crippen molar-refractivity contribution in [3.8, 4) is 17.2 Å². The van der Waals surface area contributed by atoms with Gasteiger partial charge in [-0.15, -0.1) is 12.4 Å². The highest BCUT2D eigenvalue weighted by molar-refractivity contribution is 7.89. The van der Waals surface area contributed by atoms with Crippen LogP contribution in [0.2, 0.25) is 0 Å². The van der Waals surface area contributed by atoms with Crippen LogP contribution in [0, 0.1) is 0 Å². The third-order valence-corrected chi connectivity index (χ3v) is 4.85. The average molecular weight is 377 g/mol. The zero-order valence-corrected chi connectivity index (χ0v) is 15.5. The monoisotopic (exact) mass is 376 g/mol. The molecule has 2 rings (SSSR count). The van der Waals surface area contributed by atoms with E-state index in [0.29, 0.717) is 17.8 Å². The van der Waals surface area contributed by atoms with Gasteiger partial charge < -0.3 is 14.6 Å². The van der Waals surface area contributed by atoms with Crippen molar-refractivity contribution in [2.24, 2.45) is 0 Å². The Bertz CT molecular complexity index is 779. The van der Waals surface area contributed by atoms with Gasteiger partial charge in [0.1, 0.15) is 10.6 Å². The van der Waals surface area contributed by atoms with Crippen LogP contribution in [0.4, 0.5) is 0 Å². The summed E-state index contributed by atoms with van der Waals surface area (Å²) < 4.78 is 36.8. The van der Waals surface area contributed by atoms with E-state index >= 15 is 0 Å². The van der Waals surface area contributed by atoms with Gasteiger partial charge >= 0.3 is 0 Å². The van der Waals surface area contributed by atoms with Crippen LogP contribution in [-0.4, -0.2) is 45.8 Å². The van der Waals surface area contributed by atoms with Crippen LogP contribution in [0.15, 0.2) is 27.6 Å². The molecule has 0 radical (unpaired) electrons. The highest BCUT2D eigenvalue weighted by atomic mass is 35.5. The van der Waals surface area contributed by atoms with Crippen LogP contribution in [0.1, 0.15) is 12.7 Å². The molecule has 1 heterocycles. The molecule has 1 aromatic heterocycles.